The van der Waals surface area contributed by atoms with Gasteiger partial charge in [0.1, 0.15) is 12.6 Å². The average molecular weight is 470 g/mol. The van der Waals surface area contributed by atoms with Crippen LogP contribution in [0.1, 0.15) is 22.6 Å². The molecule has 0 aliphatic heterocycles. The van der Waals surface area contributed by atoms with Crippen molar-refractivity contribution in [3.63, 3.8) is 0 Å². The summed E-state index contributed by atoms with van der Waals surface area (Å²) < 4.78 is 31.7. The molecule has 0 radical (unpaired) electrons. The van der Waals surface area contributed by atoms with Gasteiger partial charge in [-0.25, -0.2) is 18.4 Å². The van der Waals surface area contributed by atoms with Crippen molar-refractivity contribution in [3.8, 4) is 11.1 Å². The second kappa shape index (κ2) is 10.0. The minimum atomic E-state index is -1.21. The van der Waals surface area contributed by atoms with Gasteiger partial charge < -0.3 is 15.2 Å². The lowest BCUT2D eigenvalue weighted by atomic mass is 9.98. The van der Waals surface area contributed by atoms with Crippen LogP contribution in [0, 0.1) is 11.6 Å². The number of alkyl carbamates (subject to hydrolysis) is 1. The lowest BCUT2D eigenvalue weighted by Crippen LogP contribution is -2.43. The predicted molar refractivity (Wildman–Crippen MR) is 122 cm³/mol. The molecular formula is C25H21F2NO4S. The monoisotopic (exact) mass is 469 g/mol. The smallest absolute Gasteiger partial charge is 0.407 e. The summed E-state index contributed by atoms with van der Waals surface area (Å²) in [6.07, 6.45) is -0.822. The largest absolute Gasteiger partial charge is 0.480 e. The molecule has 1 aliphatic rings. The summed E-state index contributed by atoms with van der Waals surface area (Å²) in [5.74, 6) is -2.93. The van der Waals surface area contributed by atoms with E-state index in [1.54, 1.807) is 0 Å². The van der Waals surface area contributed by atoms with Gasteiger partial charge in [-0.15, -0.1) is 0 Å². The van der Waals surface area contributed by atoms with Crippen molar-refractivity contribution in [1.82, 2.24) is 5.32 Å². The van der Waals surface area contributed by atoms with Crippen molar-refractivity contribution < 1.29 is 28.2 Å². The fourth-order valence-corrected chi connectivity index (χ4v) is 4.88. The van der Waals surface area contributed by atoms with E-state index < -0.39 is 29.7 Å². The Balaban J connectivity index is 1.33. The molecule has 0 aromatic heterocycles. The number of fused-ring (bicyclic) bond motifs is 3. The van der Waals surface area contributed by atoms with Gasteiger partial charge in [-0.1, -0.05) is 54.6 Å². The number of nitrogens with one attached hydrogen (secondary N) is 1. The molecular weight excluding hydrogens is 448 g/mol. The highest BCUT2D eigenvalue weighted by Crippen LogP contribution is 2.44. The third-order valence-electron chi connectivity index (χ3n) is 5.47. The summed E-state index contributed by atoms with van der Waals surface area (Å²) in [6.45, 7) is 0.0776. The van der Waals surface area contributed by atoms with Gasteiger partial charge >= 0.3 is 12.1 Å². The number of aliphatic carboxylic acids is 1. The van der Waals surface area contributed by atoms with Crippen LogP contribution in [0.2, 0.25) is 0 Å². The molecule has 5 nitrogen and oxygen atoms in total. The van der Waals surface area contributed by atoms with Gasteiger partial charge in [0.05, 0.1) is 0 Å². The Kier molecular flexibility index (Phi) is 6.93. The topological polar surface area (TPSA) is 75.6 Å². The number of benzene rings is 3. The standard InChI is InChI=1S/C25H21F2NO4S/c26-21-10-9-15(11-22(21)27)13-33-14-23(24(29)30)28-25(31)32-12-20-18-7-3-1-5-16(18)17-6-2-4-8-19(17)20/h1-11,20,23H,12-14H2,(H,28,31)(H,29,30). The molecule has 8 heteroatoms. The molecule has 4 rings (SSSR count). The first kappa shape index (κ1) is 22.8. The summed E-state index contributed by atoms with van der Waals surface area (Å²) >= 11 is 1.18. The van der Waals surface area contributed by atoms with Gasteiger partial charge in [0.25, 0.3) is 0 Å². The van der Waals surface area contributed by atoms with E-state index in [2.05, 4.69) is 5.32 Å². The Morgan fingerprint density at radius 3 is 2.21 bits per heavy atom. The van der Waals surface area contributed by atoms with Crippen LogP contribution in [0.5, 0.6) is 0 Å². The minimum Gasteiger partial charge on any atom is -0.480 e. The quantitative estimate of drug-likeness (QED) is 0.475. The van der Waals surface area contributed by atoms with Crippen LogP contribution in [0.25, 0.3) is 11.1 Å². The van der Waals surface area contributed by atoms with Crippen LogP contribution in [-0.4, -0.2) is 35.6 Å². The van der Waals surface area contributed by atoms with Crippen LogP contribution in [0.3, 0.4) is 0 Å². The normalized spacial score (nSPS) is 13.2. The maximum Gasteiger partial charge on any atom is 0.407 e. The first-order valence-electron chi connectivity index (χ1n) is 10.3. The lowest BCUT2D eigenvalue weighted by Gasteiger charge is -2.17. The molecule has 1 atom stereocenters. The Morgan fingerprint density at radius 1 is 0.970 bits per heavy atom. The zero-order valence-corrected chi connectivity index (χ0v) is 18.3. The van der Waals surface area contributed by atoms with E-state index in [4.69, 9.17) is 4.74 Å². The summed E-state index contributed by atoms with van der Waals surface area (Å²) in [5, 5.41) is 11.8. The van der Waals surface area contributed by atoms with Gasteiger partial charge in [-0.3, -0.25) is 0 Å². The third-order valence-corrected chi connectivity index (χ3v) is 6.58. The summed E-state index contributed by atoms with van der Waals surface area (Å²) in [6, 6.07) is 18.2. The number of ether oxygens (including phenoxy) is 1. The fraction of sp³-hybridized carbons (Fsp3) is 0.200. The van der Waals surface area contributed by atoms with Gasteiger partial charge in [0, 0.05) is 17.4 Å². The summed E-state index contributed by atoms with van der Waals surface area (Å²) in [4.78, 5) is 23.9. The van der Waals surface area contributed by atoms with Crippen molar-refractivity contribution in [2.45, 2.75) is 17.7 Å². The van der Waals surface area contributed by atoms with E-state index in [0.717, 1.165) is 34.4 Å². The Morgan fingerprint density at radius 2 is 1.61 bits per heavy atom. The van der Waals surface area contributed by atoms with Gasteiger partial charge in [-0.05, 0) is 39.9 Å². The van der Waals surface area contributed by atoms with Crippen LogP contribution >= 0.6 is 11.8 Å². The number of carboxylic acids is 1. The van der Waals surface area contributed by atoms with Gasteiger partial charge in [0.15, 0.2) is 11.6 Å². The number of hydrogen-bond acceptors (Lipinski definition) is 4. The second-order valence-corrected chi connectivity index (χ2v) is 8.65. The van der Waals surface area contributed by atoms with E-state index in [1.165, 1.54) is 17.8 Å². The zero-order chi connectivity index (χ0) is 23.4. The number of carbonyl (C=O) groups is 2. The molecule has 170 valence electrons. The molecule has 0 fully saturated rings. The summed E-state index contributed by atoms with van der Waals surface area (Å²) in [5.41, 5.74) is 4.83. The molecule has 1 amide bonds. The van der Waals surface area contributed by atoms with E-state index in [1.807, 2.05) is 48.5 Å². The Labute approximate surface area is 193 Å². The molecule has 3 aromatic rings. The first-order chi connectivity index (χ1) is 15.9. The van der Waals surface area contributed by atoms with Crippen LogP contribution in [0.15, 0.2) is 66.7 Å². The van der Waals surface area contributed by atoms with Crippen molar-refractivity contribution in [3.05, 3.63) is 95.1 Å². The van der Waals surface area contributed by atoms with Gasteiger partial charge in [-0.2, -0.15) is 11.8 Å². The van der Waals surface area contributed by atoms with Crippen LogP contribution in [0.4, 0.5) is 13.6 Å². The molecule has 1 aliphatic carbocycles. The maximum atomic E-state index is 13.3. The average Bonchev–Trinajstić information content (AvgIpc) is 3.13. The maximum absolute atomic E-state index is 13.3. The van der Waals surface area contributed by atoms with Crippen molar-refractivity contribution in [2.75, 3.05) is 12.4 Å². The van der Waals surface area contributed by atoms with Crippen LogP contribution in [-0.2, 0) is 15.3 Å². The van der Waals surface area contributed by atoms with E-state index in [9.17, 15) is 23.5 Å². The highest BCUT2D eigenvalue weighted by molar-refractivity contribution is 7.98. The van der Waals surface area contributed by atoms with Crippen molar-refractivity contribution >= 4 is 23.8 Å². The molecule has 1 unspecified atom stereocenters. The van der Waals surface area contributed by atoms with E-state index in [0.29, 0.717) is 5.56 Å². The number of rotatable bonds is 8. The minimum absolute atomic E-state index is 0.0402. The zero-order valence-electron chi connectivity index (χ0n) is 17.5. The molecule has 0 bridgehead atoms. The Bertz CT molecular complexity index is 1140. The molecule has 3 aromatic carbocycles. The molecule has 0 spiro atoms. The van der Waals surface area contributed by atoms with E-state index >= 15 is 0 Å². The lowest BCUT2D eigenvalue weighted by molar-refractivity contribution is -0.138. The highest BCUT2D eigenvalue weighted by Gasteiger charge is 2.29. The second-order valence-electron chi connectivity index (χ2n) is 7.62. The van der Waals surface area contributed by atoms with Crippen LogP contribution < -0.4 is 5.32 Å². The third kappa shape index (κ3) is 5.17. The molecule has 33 heavy (non-hydrogen) atoms. The predicted octanol–water partition coefficient (Wildman–Crippen LogP) is 5.19. The molecule has 0 saturated heterocycles. The first-order valence-corrected chi connectivity index (χ1v) is 11.5. The van der Waals surface area contributed by atoms with Crippen molar-refractivity contribution in [1.29, 1.82) is 0 Å². The highest BCUT2D eigenvalue weighted by atomic mass is 32.2. The van der Waals surface area contributed by atoms with E-state index in [-0.39, 0.29) is 24.0 Å². The number of amides is 1. The van der Waals surface area contributed by atoms with Gasteiger partial charge in [0.2, 0.25) is 0 Å². The fourth-order valence-electron chi connectivity index (χ4n) is 3.88. The SMILES string of the molecule is O=C(NC(CSCc1ccc(F)c(F)c1)C(=O)O)OCC1c2ccccc2-c2ccccc21. The molecule has 0 saturated carbocycles. The number of carbonyl (C=O) groups excluding carboxylic acids is 1. The van der Waals surface area contributed by atoms with Crippen molar-refractivity contribution in [2.24, 2.45) is 0 Å². The Hall–Kier alpha value is -3.39. The number of halogens is 2. The molecule has 2 N–H and O–H groups in total. The molecule has 0 heterocycles. The summed E-state index contributed by atoms with van der Waals surface area (Å²) in [7, 11) is 0. The number of thioether (sulfide) groups is 1. The number of hydrogen-bond donors (Lipinski definition) is 2. The number of carboxylic acid groups (broad SMARTS) is 1.